The number of hydrogen-bond acceptors (Lipinski definition) is 3. The van der Waals surface area contributed by atoms with Gasteiger partial charge in [-0.1, -0.05) is 23.2 Å². The first-order valence-electron chi connectivity index (χ1n) is 7.34. The predicted molar refractivity (Wildman–Crippen MR) is 89.3 cm³/mol. The van der Waals surface area contributed by atoms with E-state index in [1.165, 1.54) is 0 Å². The van der Waals surface area contributed by atoms with Crippen LogP contribution < -0.4 is 14.8 Å². The Kier molecular flexibility index (Phi) is 3.58. The van der Waals surface area contributed by atoms with E-state index in [4.69, 9.17) is 32.7 Å². The Morgan fingerprint density at radius 1 is 1.09 bits per heavy atom. The second-order valence-electron chi connectivity index (χ2n) is 5.49. The Bertz CT molecular complexity index is 788. The van der Waals surface area contributed by atoms with Crippen LogP contribution in [0.3, 0.4) is 0 Å². The Labute approximate surface area is 143 Å². The Morgan fingerprint density at radius 3 is 2.78 bits per heavy atom. The van der Waals surface area contributed by atoms with E-state index in [-0.39, 0.29) is 5.91 Å². The van der Waals surface area contributed by atoms with Gasteiger partial charge in [0, 0.05) is 29.0 Å². The van der Waals surface area contributed by atoms with Gasteiger partial charge in [-0.05, 0) is 24.3 Å². The monoisotopic (exact) mass is 349 g/mol. The molecule has 0 spiro atoms. The molecule has 0 atom stereocenters. The topological polar surface area (TPSA) is 47.6 Å². The summed E-state index contributed by atoms with van der Waals surface area (Å²) in [5.41, 5.74) is 2.92. The first kappa shape index (κ1) is 14.7. The standard InChI is InChI=1S/C17H13Cl2NO3/c18-10-1-2-12(19)13(8-10)20-17(21)15-11-4-6-22-14(11)7-9-3-5-23-16(9)15/h1-2,7-8H,3-6H2,(H,20,21). The second kappa shape index (κ2) is 5.62. The molecule has 2 aromatic carbocycles. The molecule has 118 valence electrons. The lowest BCUT2D eigenvalue weighted by Gasteiger charge is -2.14. The lowest BCUT2D eigenvalue weighted by Crippen LogP contribution is -2.15. The normalized spacial score (nSPS) is 14.7. The van der Waals surface area contributed by atoms with Crippen molar-refractivity contribution in [2.45, 2.75) is 12.8 Å². The third-order valence-electron chi connectivity index (χ3n) is 4.05. The van der Waals surface area contributed by atoms with Crippen LogP contribution in [0.1, 0.15) is 21.5 Å². The summed E-state index contributed by atoms with van der Waals surface area (Å²) in [6.45, 7) is 1.16. The Morgan fingerprint density at radius 2 is 1.91 bits per heavy atom. The molecule has 2 aromatic rings. The summed E-state index contributed by atoms with van der Waals surface area (Å²) in [5, 5.41) is 3.78. The summed E-state index contributed by atoms with van der Waals surface area (Å²) in [6.07, 6.45) is 1.47. The van der Waals surface area contributed by atoms with Crippen molar-refractivity contribution in [3.05, 3.63) is 51.0 Å². The van der Waals surface area contributed by atoms with Crippen molar-refractivity contribution >= 4 is 34.8 Å². The van der Waals surface area contributed by atoms with Gasteiger partial charge in [0.2, 0.25) is 0 Å². The van der Waals surface area contributed by atoms with Gasteiger partial charge in [0.05, 0.1) is 29.5 Å². The number of benzene rings is 2. The van der Waals surface area contributed by atoms with Gasteiger partial charge in [0.15, 0.2) is 0 Å². The number of anilines is 1. The minimum absolute atomic E-state index is 0.255. The fourth-order valence-electron chi connectivity index (χ4n) is 3.00. The highest BCUT2D eigenvalue weighted by molar-refractivity contribution is 6.36. The van der Waals surface area contributed by atoms with Crippen LogP contribution in [0.2, 0.25) is 10.0 Å². The summed E-state index contributed by atoms with van der Waals surface area (Å²) in [5.74, 6) is 1.18. The minimum Gasteiger partial charge on any atom is -0.493 e. The molecule has 2 aliphatic heterocycles. The fourth-order valence-corrected chi connectivity index (χ4v) is 3.34. The number of hydrogen-bond donors (Lipinski definition) is 1. The number of halogens is 2. The largest absolute Gasteiger partial charge is 0.493 e. The molecule has 0 aliphatic carbocycles. The highest BCUT2D eigenvalue weighted by Crippen LogP contribution is 2.41. The van der Waals surface area contributed by atoms with Crippen molar-refractivity contribution in [3.8, 4) is 11.5 Å². The number of fused-ring (bicyclic) bond motifs is 2. The van der Waals surface area contributed by atoms with Gasteiger partial charge in [0.25, 0.3) is 5.91 Å². The average molecular weight is 350 g/mol. The van der Waals surface area contributed by atoms with Crippen molar-refractivity contribution in [2.24, 2.45) is 0 Å². The van der Waals surface area contributed by atoms with Crippen LogP contribution in [0, 0.1) is 0 Å². The van der Waals surface area contributed by atoms with Crippen LogP contribution in [0.5, 0.6) is 11.5 Å². The Hall–Kier alpha value is -1.91. The highest BCUT2D eigenvalue weighted by atomic mass is 35.5. The molecule has 23 heavy (non-hydrogen) atoms. The van der Waals surface area contributed by atoms with E-state index < -0.39 is 0 Å². The summed E-state index contributed by atoms with van der Waals surface area (Å²) >= 11 is 12.1. The van der Waals surface area contributed by atoms with E-state index in [9.17, 15) is 4.79 Å². The molecule has 2 heterocycles. The summed E-state index contributed by atoms with van der Waals surface area (Å²) in [7, 11) is 0. The first-order valence-corrected chi connectivity index (χ1v) is 8.10. The van der Waals surface area contributed by atoms with E-state index in [0.717, 1.165) is 23.3 Å². The van der Waals surface area contributed by atoms with Crippen LogP contribution >= 0.6 is 23.2 Å². The molecule has 0 saturated carbocycles. The summed E-state index contributed by atoms with van der Waals surface area (Å²) in [4.78, 5) is 12.8. The van der Waals surface area contributed by atoms with Crippen LogP contribution in [-0.4, -0.2) is 19.1 Å². The lowest BCUT2D eigenvalue weighted by atomic mass is 9.99. The van der Waals surface area contributed by atoms with E-state index in [0.29, 0.717) is 46.7 Å². The van der Waals surface area contributed by atoms with Gasteiger partial charge in [-0.15, -0.1) is 0 Å². The molecule has 0 unspecified atom stereocenters. The molecule has 0 fully saturated rings. The van der Waals surface area contributed by atoms with E-state index in [1.807, 2.05) is 6.07 Å². The third kappa shape index (κ3) is 2.52. The zero-order valence-electron chi connectivity index (χ0n) is 12.1. The molecule has 0 saturated heterocycles. The molecule has 4 rings (SSSR count). The number of amides is 1. The SMILES string of the molecule is O=C(Nc1cc(Cl)ccc1Cl)c1c2c(cc3c1OCC3)OCC2. The van der Waals surface area contributed by atoms with Gasteiger partial charge in [-0.3, -0.25) is 4.79 Å². The van der Waals surface area contributed by atoms with Crippen molar-refractivity contribution in [1.29, 1.82) is 0 Å². The van der Waals surface area contributed by atoms with Crippen molar-refractivity contribution in [3.63, 3.8) is 0 Å². The average Bonchev–Trinajstić information content (AvgIpc) is 3.16. The lowest BCUT2D eigenvalue weighted by molar-refractivity contribution is 0.102. The quantitative estimate of drug-likeness (QED) is 0.887. The molecule has 4 nitrogen and oxygen atoms in total. The first-order chi connectivity index (χ1) is 11.1. The van der Waals surface area contributed by atoms with Gasteiger partial charge >= 0.3 is 0 Å². The molecular formula is C17H13Cl2NO3. The zero-order valence-corrected chi connectivity index (χ0v) is 13.6. The van der Waals surface area contributed by atoms with E-state index >= 15 is 0 Å². The molecule has 1 N–H and O–H groups in total. The van der Waals surface area contributed by atoms with E-state index in [1.54, 1.807) is 18.2 Å². The predicted octanol–water partition coefficient (Wildman–Crippen LogP) is 4.12. The number of carbonyl (C=O) groups is 1. The fraction of sp³-hybridized carbons (Fsp3) is 0.235. The Balaban J connectivity index is 1.76. The molecule has 0 bridgehead atoms. The maximum Gasteiger partial charge on any atom is 0.259 e. The van der Waals surface area contributed by atoms with Crippen molar-refractivity contribution in [2.75, 3.05) is 18.5 Å². The van der Waals surface area contributed by atoms with Crippen molar-refractivity contribution < 1.29 is 14.3 Å². The smallest absolute Gasteiger partial charge is 0.259 e. The number of nitrogens with one attached hydrogen (secondary N) is 1. The number of carbonyl (C=O) groups excluding carboxylic acids is 1. The maximum atomic E-state index is 12.8. The second-order valence-corrected chi connectivity index (χ2v) is 6.34. The van der Waals surface area contributed by atoms with Crippen LogP contribution in [0.4, 0.5) is 5.69 Å². The van der Waals surface area contributed by atoms with Gasteiger partial charge < -0.3 is 14.8 Å². The zero-order chi connectivity index (χ0) is 16.0. The van der Waals surface area contributed by atoms with Crippen LogP contribution in [-0.2, 0) is 12.8 Å². The van der Waals surface area contributed by atoms with Gasteiger partial charge in [-0.2, -0.15) is 0 Å². The van der Waals surface area contributed by atoms with E-state index in [2.05, 4.69) is 5.32 Å². The molecule has 2 aliphatic rings. The number of ether oxygens (including phenoxy) is 2. The summed E-state index contributed by atoms with van der Waals surface area (Å²) < 4.78 is 11.3. The molecule has 1 amide bonds. The molecule has 0 aromatic heterocycles. The van der Waals surface area contributed by atoms with Crippen molar-refractivity contribution in [1.82, 2.24) is 0 Å². The minimum atomic E-state index is -0.255. The van der Waals surface area contributed by atoms with Gasteiger partial charge in [-0.25, -0.2) is 0 Å². The van der Waals surface area contributed by atoms with Crippen LogP contribution in [0.25, 0.3) is 0 Å². The maximum absolute atomic E-state index is 12.8. The van der Waals surface area contributed by atoms with Crippen LogP contribution in [0.15, 0.2) is 24.3 Å². The summed E-state index contributed by atoms with van der Waals surface area (Å²) in [6, 6.07) is 6.93. The molecular weight excluding hydrogens is 337 g/mol. The molecule has 6 heteroatoms. The number of rotatable bonds is 2. The third-order valence-corrected chi connectivity index (χ3v) is 4.62. The molecule has 0 radical (unpaired) electrons. The highest BCUT2D eigenvalue weighted by Gasteiger charge is 2.30. The van der Waals surface area contributed by atoms with Gasteiger partial charge in [0.1, 0.15) is 11.5 Å².